The van der Waals surface area contributed by atoms with Gasteiger partial charge in [0.1, 0.15) is 35.0 Å². The highest BCUT2D eigenvalue weighted by atomic mass is 35.5. The van der Waals surface area contributed by atoms with E-state index in [1.165, 1.54) is 18.3 Å². The molecule has 1 aliphatic heterocycles. The van der Waals surface area contributed by atoms with Gasteiger partial charge in [-0.25, -0.2) is 14.1 Å². The summed E-state index contributed by atoms with van der Waals surface area (Å²) < 4.78 is 23.3. The van der Waals surface area contributed by atoms with Crippen molar-refractivity contribution >= 4 is 17.2 Å². The summed E-state index contributed by atoms with van der Waals surface area (Å²) >= 11 is 6.26. The Morgan fingerprint density at radius 1 is 1.19 bits per heavy atom. The molecule has 1 saturated heterocycles. The number of nitrogens with zero attached hydrogens (tertiary/aromatic N) is 8. The second-order valence-electron chi connectivity index (χ2n) is 8.74. The summed E-state index contributed by atoms with van der Waals surface area (Å²) in [5.41, 5.74) is 3.76. The SMILES string of the molecule is Cc1c(-c2cc(O[C@H](C)c3ccc(F)cc3Cl)n3c(C#N)cnc3c2)nnn1C1CCN(C#N)CC1. The summed E-state index contributed by atoms with van der Waals surface area (Å²) in [6.45, 7) is 5.14. The van der Waals surface area contributed by atoms with Gasteiger partial charge >= 0.3 is 0 Å². The standard InChI is InChI=1S/C25H22ClFN8O/c1-15-25(31-32-35(15)19-5-7-33(14-29)8-6-19)17-9-23-30-13-20(12-28)34(23)24(10-17)36-16(2)21-4-3-18(27)11-22(21)26/h3-4,9-11,13,16,19H,5-8H2,1-2H3/t16-/m1/s1. The van der Waals surface area contributed by atoms with Gasteiger partial charge in [0, 0.05) is 30.3 Å². The first-order chi connectivity index (χ1) is 17.4. The van der Waals surface area contributed by atoms with Crippen LogP contribution in [-0.4, -0.2) is 42.4 Å². The van der Waals surface area contributed by atoms with Crippen LogP contribution in [0.4, 0.5) is 4.39 Å². The Morgan fingerprint density at radius 2 is 1.97 bits per heavy atom. The molecule has 0 N–H and O–H groups in total. The van der Waals surface area contributed by atoms with Gasteiger partial charge in [-0.3, -0.25) is 4.40 Å². The number of hydrogen-bond donors (Lipinski definition) is 0. The molecule has 0 bridgehead atoms. The summed E-state index contributed by atoms with van der Waals surface area (Å²) in [6.07, 6.45) is 4.77. The van der Waals surface area contributed by atoms with Gasteiger partial charge in [-0.1, -0.05) is 22.9 Å². The molecule has 182 valence electrons. The van der Waals surface area contributed by atoms with Crippen LogP contribution in [0.5, 0.6) is 5.88 Å². The molecule has 0 amide bonds. The van der Waals surface area contributed by atoms with Gasteiger partial charge in [0.25, 0.3) is 0 Å². The van der Waals surface area contributed by atoms with Crippen molar-refractivity contribution in [3.8, 4) is 29.4 Å². The van der Waals surface area contributed by atoms with Crippen LogP contribution in [0.3, 0.4) is 0 Å². The molecule has 0 saturated carbocycles. The first kappa shape index (κ1) is 23.6. The summed E-state index contributed by atoms with van der Waals surface area (Å²) in [6, 6.07) is 10.1. The molecule has 1 fully saturated rings. The van der Waals surface area contributed by atoms with Crippen molar-refractivity contribution in [2.24, 2.45) is 0 Å². The van der Waals surface area contributed by atoms with Crippen molar-refractivity contribution < 1.29 is 9.13 Å². The number of hydrogen-bond acceptors (Lipinski definition) is 7. The van der Waals surface area contributed by atoms with E-state index < -0.39 is 11.9 Å². The second-order valence-corrected chi connectivity index (χ2v) is 9.15. The average molecular weight is 505 g/mol. The molecule has 0 radical (unpaired) electrons. The van der Waals surface area contributed by atoms with Crippen molar-refractivity contribution in [1.82, 2.24) is 29.3 Å². The van der Waals surface area contributed by atoms with Crippen LogP contribution in [0, 0.1) is 35.5 Å². The molecule has 1 atom stereocenters. The molecule has 36 heavy (non-hydrogen) atoms. The highest BCUT2D eigenvalue weighted by Gasteiger charge is 2.25. The molecule has 11 heteroatoms. The second kappa shape index (κ2) is 9.48. The number of rotatable bonds is 5. The van der Waals surface area contributed by atoms with E-state index in [0.717, 1.165) is 24.1 Å². The zero-order chi connectivity index (χ0) is 25.4. The number of piperidine rings is 1. The molecule has 3 aromatic heterocycles. The van der Waals surface area contributed by atoms with Gasteiger partial charge in [-0.2, -0.15) is 10.5 Å². The number of fused-ring (bicyclic) bond motifs is 1. The maximum Gasteiger partial charge on any atom is 0.201 e. The van der Waals surface area contributed by atoms with Crippen molar-refractivity contribution in [2.45, 2.75) is 38.8 Å². The Labute approximate surface area is 211 Å². The Hall–Kier alpha value is -4.15. The predicted molar refractivity (Wildman–Crippen MR) is 130 cm³/mol. The minimum Gasteiger partial charge on any atom is -0.471 e. The molecule has 0 aliphatic carbocycles. The summed E-state index contributed by atoms with van der Waals surface area (Å²) in [5.74, 6) is -0.0562. The lowest BCUT2D eigenvalue weighted by atomic mass is 10.0. The highest BCUT2D eigenvalue weighted by Crippen LogP contribution is 2.34. The topological polar surface area (TPSA) is 108 Å². The third-order valence-corrected chi connectivity index (χ3v) is 6.87. The number of pyridine rings is 1. The molecule has 4 aromatic rings. The molecule has 0 unspecified atom stereocenters. The smallest absolute Gasteiger partial charge is 0.201 e. The van der Waals surface area contributed by atoms with E-state index in [2.05, 4.69) is 27.6 Å². The van der Waals surface area contributed by atoms with Crippen molar-refractivity contribution in [1.29, 1.82) is 10.5 Å². The van der Waals surface area contributed by atoms with E-state index in [9.17, 15) is 9.65 Å². The van der Waals surface area contributed by atoms with Crippen LogP contribution in [-0.2, 0) is 0 Å². The van der Waals surface area contributed by atoms with E-state index in [1.807, 2.05) is 17.7 Å². The average Bonchev–Trinajstić information content (AvgIpc) is 3.47. The Morgan fingerprint density at radius 3 is 2.67 bits per heavy atom. The Kier molecular flexibility index (Phi) is 6.21. The zero-order valence-corrected chi connectivity index (χ0v) is 20.4. The van der Waals surface area contributed by atoms with Gasteiger partial charge in [-0.15, -0.1) is 5.10 Å². The van der Waals surface area contributed by atoms with E-state index in [-0.39, 0.29) is 11.1 Å². The van der Waals surface area contributed by atoms with Gasteiger partial charge < -0.3 is 9.64 Å². The van der Waals surface area contributed by atoms with Crippen LogP contribution in [0.2, 0.25) is 5.02 Å². The van der Waals surface area contributed by atoms with Gasteiger partial charge in [0.2, 0.25) is 5.88 Å². The van der Waals surface area contributed by atoms with E-state index >= 15 is 0 Å². The number of ether oxygens (including phenoxy) is 1. The summed E-state index contributed by atoms with van der Waals surface area (Å²) in [4.78, 5) is 6.13. The molecule has 1 aliphatic rings. The van der Waals surface area contributed by atoms with Crippen LogP contribution in [0.25, 0.3) is 16.9 Å². The number of benzene rings is 1. The first-order valence-corrected chi connectivity index (χ1v) is 11.9. The van der Waals surface area contributed by atoms with Crippen molar-refractivity contribution in [2.75, 3.05) is 13.1 Å². The fourth-order valence-corrected chi connectivity index (χ4v) is 4.94. The highest BCUT2D eigenvalue weighted by molar-refractivity contribution is 6.31. The quantitative estimate of drug-likeness (QED) is 0.358. The Balaban J connectivity index is 1.53. The summed E-state index contributed by atoms with van der Waals surface area (Å²) in [5, 5.41) is 27.9. The third-order valence-electron chi connectivity index (χ3n) is 6.54. The fraction of sp³-hybridized carbons (Fsp3) is 0.320. The lowest BCUT2D eigenvalue weighted by molar-refractivity contribution is 0.214. The largest absolute Gasteiger partial charge is 0.471 e. The molecule has 0 spiro atoms. The van der Waals surface area contributed by atoms with Crippen LogP contribution < -0.4 is 4.74 Å². The van der Waals surface area contributed by atoms with E-state index in [4.69, 9.17) is 21.6 Å². The van der Waals surface area contributed by atoms with Crippen molar-refractivity contribution in [3.63, 3.8) is 0 Å². The molecular formula is C25H22ClFN8O. The monoisotopic (exact) mass is 504 g/mol. The molecule has 9 nitrogen and oxygen atoms in total. The minimum atomic E-state index is -0.535. The normalized spacial score (nSPS) is 15.0. The van der Waals surface area contributed by atoms with Crippen LogP contribution >= 0.6 is 11.6 Å². The number of nitriles is 2. The molecule has 4 heterocycles. The minimum absolute atomic E-state index is 0.160. The lowest BCUT2D eigenvalue weighted by Crippen LogP contribution is -2.31. The van der Waals surface area contributed by atoms with Crippen LogP contribution in [0.15, 0.2) is 36.5 Å². The van der Waals surface area contributed by atoms with E-state index in [1.54, 1.807) is 28.4 Å². The van der Waals surface area contributed by atoms with Crippen LogP contribution in [0.1, 0.15) is 48.9 Å². The van der Waals surface area contributed by atoms with Gasteiger partial charge in [-0.05, 0) is 44.9 Å². The number of aromatic nitrogens is 5. The lowest BCUT2D eigenvalue weighted by Gasteiger charge is -2.28. The first-order valence-electron chi connectivity index (χ1n) is 11.5. The van der Waals surface area contributed by atoms with Gasteiger partial charge in [0.05, 0.1) is 23.0 Å². The number of imidazole rings is 1. The van der Waals surface area contributed by atoms with Crippen molar-refractivity contribution in [3.05, 3.63) is 64.3 Å². The van der Waals surface area contributed by atoms with Gasteiger partial charge in [0.15, 0.2) is 6.19 Å². The fourth-order valence-electron chi connectivity index (χ4n) is 4.62. The number of likely N-dealkylation sites (tertiary alicyclic amines) is 1. The molecular weight excluding hydrogens is 483 g/mol. The molecule has 1 aromatic carbocycles. The Bertz CT molecular complexity index is 1520. The molecule has 5 rings (SSSR count). The third kappa shape index (κ3) is 4.21. The maximum absolute atomic E-state index is 13.6. The summed E-state index contributed by atoms with van der Waals surface area (Å²) in [7, 11) is 0. The maximum atomic E-state index is 13.6. The van der Waals surface area contributed by atoms with E-state index in [0.29, 0.717) is 41.6 Å². The zero-order valence-electron chi connectivity index (χ0n) is 19.7. The number of halogens is 2. The predicted octanol–water partition coefficient (Wildman–Crippen LogP) is 4.82.